The van der Waals surface area contributed by atoms with E-state index in [1.165, 1.54) is 16.4 Å². The number of anilines is 1. The Morgan fingerprint density at radius 3 is 2.18 bits per heavy atom. The summed E-state index contributed by atoms with van der Waals surface area (Å²) >= 11 is 0. The molecule has 33 heavy (non-hydrogen) atoms. The monoisotopic (exact) mass is 474 g/mol. The van der Waals surface area contributed by atoms with Gasteiger partial charge in [-0.05, 0) is 49.2 Å². The molecule has 2 aliphatic heterocycles. The fourth-order valence-corrected chi connectivity index (χ4v) is 5.63. The van der Waals surface area contributed by atoms with Crippen molar-refractivity contribution in [3.63, 3.8) is 0 Å². The molecule has 0 unspecified atom stereocenters. The zero-order chi connectivity index (χ0) is 23.6. The number of hydrogen-bond acceptors (Lipinski definition) is 7. The molecule has 11 heteroatoms. The molecule has 10 nitrogen and oxygen atoms in total. The van der Waals surface area contributed by atoms with Gasteiger partial charge in [-0.15, -0.1) is 0 Å². The van der Waals surface area contributed by atoms with Crippen LogP contribution in [0, 0.1) is 10.1 Å². The quantitative estimate of drug-likeness (QED) is 0.467. The second-order valence-corrected chi connectivity index (χ2v) is 10.0. The molecular weight excluding hydrogens is 448 g/mol. The molecule has 0 bridgehead atoms. The molecule has 0 radical (unpaired) electrons. The number of nitrogens with zero attached hydrogens (tertiary/aromatic N) is 4. The highest BCUT2D eigenvalue weighted by molar-refractivity contribution is 7.89. The lowest BCUT2D eigenvalue weighted by Gasteiger charge is -2.35. The third kappa shape index (κ3) is 4.93. The van der Waals surface area contributed by atoms with Gasteiger partial charge in [0.25, 0.3) is 0 Å². The van der Waals surface area contributed by atoms with Crippen molar-refractivity contribution in [3.05, 3.63) is 52.6 Å². The smallest absolute Gasteiger partial charge is 0.312 e. The second kappa shape index (κ2) is 9.36. The van der Waals surface area contributed by atoms with Crippen LogP contribution in [0.3, 0.4) is 0 Å². The number of hydrogen-bond donors (Lipinski definition) is 0. The number of carbonyl (C=O) groups is 1. The number of sulfonamides is 1. The molecule has 176 valence electrons. The third-order valence-corrected chi connectivity index (χ3v) is 7.88. The Labute approximate surface area is 192 Å². The number of benzene rings is 2. The van der Waals surface area contributed by atoms with E-state index in [0.29, 0.717) is 31.9 Å². The highest BCUT2D eigenvalue weighted by Gasteiger charge is 2.30. The zero-order valence-electron chi connectivity index (χ0n) is 18.3. The Balaban J connectivity index is 1.49. The average Bonchev–Trinajstić information content (AvgIpc) is 3.36. The molecule has 2 aromatic carbocycles. The molecule has 2 saturated heterocycles. The van der Waals surface area contributed by atoms with Crippen LogP contribution in [0.2, 0.25) is 0 Å². The summed E-state index contributed by atoms with van der Waals surface area (Å²) in [5.41, 5.74) is 0.562. The molecule has 2 fully saturated rings. The van der Waals surface area contributed by atoms with Crippen LogP contribution in [0.4, 0.5) is 11.4 Å². The van der Waals surface area contributed by atoms with Gasteiger partial charge in [-0.2, -0.15) is 4.31 Å². The largest absolute Gasteiger partial charge is 0.450 e. The first-order chi connectivity index (χ1) is 15.8. The van der Waals surface area contributed by atoms with Crippen molar-refractivity contribution in [2.75, 3.05) is 44.2 Å². The topological polar surface area (TPSA) is 113 Å². The van der Waals surface area contributed by atoms with Crippen LogP contribution in [-0.4, -0.2) is 67.7 Å². The maximum absolute atomic E-state index is 12.8. The van der Waals surface area contributed by atoms with Crippen LogP contribution in [0.25, 0.3) is 0 Å². The van der Waals surface area contributed by atoms with Gasteiger partial charge in [0.1, 0.15) is 5.75 Å². The van der Waals surface area contributed by atoms with Crippen LogP contribution in [0.5, 0.6) is 11.5 Å². The van der Waals surface area contributed by atoms with Gasteiger partial charge < -0.3 is 14.5 Å². The van der Waals surface area contributed by atoms with E-state index < -0.39 is 20.6 Å². The first kappa shape index (κ1) is 23.0. The van der Waals surface area contributed by atoms with Crippen LogP contribution < -0.4 is 9.64 Å². The predicted octanol–water partition coefficient (Wildman–Crippen LogP) is 2.84. The fraction of sp³-hybridized carbons (Fsp3) is 0.409. The normalized spacial score (nSPS) is 17.2. The van der Waals surface area contributed by atoms with Crippen LogP contribution in [0.1, 0.15) is 19.8 Å². The van der Waals surface area contributed by atoms with E-state index >= 15 is 0 Å². The highest BCUT2D eigenvalue weighted by atomic mass is 32.2. The maximum atomic E-state index is 12.8. The average molecular weight is 475 g/mol. The van der Waals surface area contributed by atoms with E-state index in [2.05, 4.69) is 4.90 Å². The molecule has 1 amide bonds. The van der Waals surface area contributed by atoms with Crippen molar-refractivity contribution in [2.24, 2.45) is 0 Å². The summed E-state index contributed by atoms with van der Waals surface area (Å²) in [6.45, 7) is 5.17. The summed E-state index contributed by atoms with van der Waals surface area (Å²) in [6.07, 6.45) is 1.57. The highest BCUT2D eigenvalue weighted by Crippen LogP contribution is 2.35. The molecular formula is C22H26N4O6S. The number of rotatable bonds is 6. The molecule has 0 N–H and O–H groups in total. The van der Waals surface area contributed by atoms with Crippen molar-refractivity contribution in [1.29, 1.82) is 0 Å². The minimum Gasteiger partial charge on any atom is -0.450 e. The van der Waals surface area contributed by atoms with Crippen molar-refractivity contribution >= 4 is 27.3 Å². The Bertz CT molecular complexity index is 1140. The van der Waals surface area contributed by atoms with E-state index in [0.717, 1.165) is 37.7 Å². The molecule has 0 spiro atoms. The summed E-state index contributed by atoms with van der Waals surface area (Å²) in [5.74, 6) is 0.446. The van der Waals surface area contributed by atoms with Gasteiger partial charge >= 0.3 is 5.69 Å². The van der Waals surface area contributed by atoms with Crippen molar-refractivity contribution in [1.82, 2.24) is 9.21 Å². The summed E-state index contributed by atoms with van der Waals surface area (Å²) in [7, 11) is -3.77. The van der Waals surface area contributed by atoms with E-state index in [1.54, 1.807) is 24.0 Å². The number of carbonyl (C=O) groups excluding carboxylic acids is 1. The number of ether oxygens (including phenoxy) is 1. The van der Waals surface area contributed by atoms with E-state index in [4.69, 9.17) is 4.74 Å². The lowest BCUT2D eigenvalue weighted by atomic mass is 10.2. The Morgan fingerprint density at radius 1 is 0.970 bits per heavy atom. The van der Waals surface area contributed by atoms with Gasteiger partial charge in [-0.25, -0.2) is 8.42 Å². The van der Waals surface area contributed by atoms with Crippen LogP contribution >= 0.6 is 0 Å². The van der Waals surface area contributed by atoms with Crippen molar-refractivity contribution < 1.29 is 22.9 Å². The maximum Gasteiger partial charge on any atom is 0.312 e. The van der Waals surface area contributed by atoms with Crippen LogP contribution in [-0.2, 0) is 14.8 Å². The molecule has 0 aliphatic carbocycles. The SMILES string of the molecule is CC(=O)N1CCN(c2ccc(Oc3ccc(S(=O)(=O)N4CCCC4)cc3[N+](=O)[O-])cc2)CC1. The van der Waals surface area contributed by atoms with Gasteiger partial charge in [-0.3, -0.25) is 14.9 Å². The zero-order valence-corrected chi connectivity index (χ0v) is 19.2. The number of nitro groups is 1. The summed E-state index contributed by atoms with van der Waals surface area (Å²) in [6, 6.07) is 10.9. The Kier molecular flexibility index (Phi) is 6.52. The van der Waals surface area contributed by atoms with E-state index in [9.17, 15) is 23.3 Å². The molecule has 2 heterocycles. The Morgan fingerprint density at radius 2 is 1.61 bits per heavy atom. The van der Waals surface area contributed by atoms with Gasteiger partial charge in [-0.1, -0.05) is 0 Å². The van der Waals surface area contributed by atoms with E-state index in [-0.39, 0.29) is 16.6 Å². The van der Waals surface area contributed by atoms with Gasteiger partial charge in [0, 0.05) is 57.9 Å². The Hall–Kier alpha value is -3.18. The molecule has 0 saturated carbocycles. The molecule has 2 aromatic rings. The minimum absolute atomic E-state index is 0.0248. The molecule has 0 aromatic heterocycles. The van der Waals surface area contributed by atoms with Crippen LogP contribution in [0.15, 0.2) is 47.4 Å². The molecule has 2 aliphatic rings. The standard InChI is InChI=1S/C22H26N4O6S/c1-17(27)23-12-14-24(15-13-23)18-4-6-19(7-5-18)32-22-9-8-20(16-21(22)26(28)29)33(30,31)25-10-2-3-11-25/h4-9,16H,2-3,10-15H2,1H3. The fourth-order valence-electron chi connectivity index (χ4n) is 4.10. The first-order valence-corrected chi connectivity index (χ1v) is 12.3. The molecule has 4 rings (SSSR count). The van der Waals surface area contributed by atoms with Crippen molar-refractivity contribution in [3.8, 4) is 11.5 Å². The summed E-state index contributed by atoms with van der Waals surface area (Å²) < 4.78 is 32.6. The minimum atomic E-state index is -3.77. The predicted molar refractivity (Wildman–Crippen MR) is 122 cm³/mol. The lowest BCUT2D eigenvalue weighted by molar-refractivity contribution is -0.385. The second-order valence-electron chi connectivity index (χ2n) is 8.09. The van der Waals surface area contributed by atoms with E-state index in [1.807, 2.05) is 12.1 Å². The number of piperazine rings is 1. The van der Waals surface area contributed by atoms with Gasteiger partial charge in [0.2, 0.25) is 21.7 Å². The van der Waals surface area contributed by atoms with Gasteiger partial charge in [0.15, 0.2) is 0 Å². The number of amides is 1. The summed E-state index contributed by atoms with van der Waals surface area (Å²) in [5, 5.41) is 11.6. The lowest BCUT2D eigenvalue weighted by Crippen LogP contribution is -2.48. The third-order valence-electron chi connectivity index (χ3n) is 5.98. The molecule has 0 atom stereocenters. The summed E-state index contributed by atoms with van der Waals surface area (Å²) in [4.78, 5) is 26.3. The van der Waals surface area contributed by atoms with Crippen molar-refractivity contribution in [2.45, 2.75) is 24.7 Å². The first-order valence-electron chi connectivity index (χ1n) is 10.8. The van der Waals surface area contributed by atoms with Gasteiger partial charge in [0.05, 0.1) is 9.82 Å². The number of nitro benzene ring substituents is 1.